The summed E-state index contributed by atoms with van der Waals surface area (Å²) in [6.07, 6.45) is 3.18. The quantitative estimate of drug-likeness (QED) is 0.662. The molecule has 2 heteroatoms. The third kappa shape index (κ3) is 1.47. The number of rotatable bonds is 1. The van der Waals surface area contributed by atoms with Crippen LogP contribution in [0, 0.1) is 13.8 Å². The zero-order valence-corrected chi connectivity index (χ0v) is 7.74. The molecule has 2 nitrogen and oxygen atoms in total. The Morgan fingerprint density at radius 1 is 1.15 bits per heavy atom. The van der Waals surface area contributed by atoms with E-state index in [9.17, 15) is 0 Å². The number of nitrogens with zero attached hydrogens (tertiary/aromatic N) is 1. The molecule has 0 unspecified atom stereocenters. The standard InChI is InChI=1S/C11H11NO/c1-8-3-4-10(5-9(8)2)11-6-12-7-13-11/h3-7H,1-2H3. The maximum atomic E-state index is 5.20. The van der Waals surface area contributed by atoms with E-state index < -0.39 is 0 Å². The van der Waals surface area contributed by atoms with Crippen LogP contribution in [0.4, 0.5) is 0 Å². The van der Waals surface area contributed by atoms with Crippen LogP contribution < -0.4 is 0 Å². The number of oxazole rings is 1. The zero-order chi connectivity index (χ0) is 9.26. The molecule has 66 valence electrons. The molecule has 13 heavy (non-hydrogen) atoms. The Labute approximate surface area is 77.2 Å². The highest BCUT2D eigenvalue weighted by Crippen LogP contribution is 2.21. The minimum absolute atomic E-state index is 0.822. The van der Waals surface area contributed by atoms with Gasteiger partial charge in [0.2, 0.25) is 0 Å². The second kappa shape index (κ2) is 3.05. The van der Waals surface area contributed by atoms with Crippen LogP contribution in [-0.2, 0) is 0 Å². The first-order chi connectivity index (χ1) is 6.27. The van der Waals surface area contributed by atoms with Gasteiger partial charge in [0.1, 0.15) is 0 Å². The van der Waals surface area contributed by atoms with Gasteiger partial charge in [0.25, 0.3) is 0 Å². The Balaban J connectivity index is 2.49. The Hall–Kier alpha value is -1.57. The van der Waals surface area contributed by atoms with Crippen molar-refractivity contribution >= 4 is 0 Å². The van der Waals surface area contributed by atoms with Crippen LogP contribution in [0.25, 0.3) is 11.3 Å². The van der Waals surface area contributed by atoms with E-state index in [2.05, 4.69) is 31.0 Å². The van der Waals surface area contributed by atoms with Gasteiger partial charge in [-0.2, -0.15) is 0 Å². The van der Waals surface area contributed by atoms with Crippen LogP contribution in [0.5, 0.6) is 0 Å². The van der Waals surface area contributed by atoms with Gasteiger partial charge in [-0.3, -0.25) is 0 Å². The molecule has 0 amide bonds. The minimum Gasteiger partial charge on any atom is -0.444 e. The van der Waals surface area contributed by atoms with Gasteiger partial charge in [-0.25, -0.2) is 4.98 Å². The second-order valence-corrected chi connectivity index (χ2v) is 3.16. The zero-order valence-electron chi connectivity index (χ0n) is 7.74. The van der Waals surface area contributed by atoms with Crippen molar-refractivity contribution in [3.8, 4) is 11.3 Å². The van der Waals surface area contributed by atoms with Crippen molar-refractivity contribution < 1.29 is 4.42 Å². The van der Waals surface area contributed by atoms with Crippen LogP contribution >= 0.6 is 0 Å². The fourth-order valence-electron chi connectivity index (χ4n) is 1.25. The van der Waals surface area contributed by atoms with Crippen LogP contribution in [0.2, 0.25) is 0 Å². The number of hydrogen-bond donors (Lipinski definition) is 0. The lowest BCUT2D eigenvalue weighted by atomic mass is 10.1. The normalized spacial score (nSPS) is 10.3. The summed E-state index contributed by atoms with van der Waals surface area (Å²) in [5, 5.41) is 0. The van der Waals surface area contributed by atoms with Gasteiger partial charge in [0.05, 0.1) is 6.20 Å². The van der Waals surface area contributed by atoms with E-state index in [-0.39, 0.29) is 0 Å². The molecule has 0 N–H and O–H groups in total. The number of aromatic nitrogens is 1. The molecule has 2 rings (SSSR count). The van der Waals surface area contributed by atoms with Crippen molar-refractivity contribution in [3.05, 3.63) is 41.9 Å². The fraction of sp³-hybridized carbons (Fsp3) is 0.182. The van der Waals surface area contributed by atoms with Crippen molar-refractivity contribution in [1.82, 2.24) is 4.98 Å². The van der Waals surface area contributed by atoms with E-state index in [0.717, 1.165) is 11.3 Å². The average molecular weight is 173 g/mol. The topological polar surface area (TPSA) is 26.0 Å². The molecule has 2 aromatic rings. The SMILES string of the molecule is Cc1ccc(-c2cnco2)cc1C. The summed E-state index contributed by atoms with van der Waals surface area (Å²) in [5.74, 6) is 0.822. The van der Waals surface area contributed by atoms with Crippen LogP contribution in [-0.4, -0.2) is 4.98 Å². The van der Waals surface area contributed by atoms with Crippen LogP contribution in [0.3, 0.4) is 0 Å². The molecule has 1 aromatic heterocycles. The first kappa shape index (κ1) is 8.05. The summed E-state index contributed by atoms with van der Waals surface area (Å²) in [4.78, 5) is 3.88. The van der Waals surface area contributed by atoms with E-state index in [1.165, 1.54) is 17.5 Å². The number of benzene rings is 1. The summed E-state index contributed by atoms with van der Waals surface area (Å²) in [7, 11) is 0. The van der Waals surface area contributed by atoms with Gasteiger partial charge < -0.3 is 4.42 Å². The summed E-state index contributed by atoms with van der Waals surface area (Å²) in [5.41, 5.74) is 3.65. The van der Waals surface area contributed by atoms with Crippen molar-refractivity contribution in [2.24, 2.45) is 0 Å². The molecule has 0 fully saturated rings. The summed E-state index contributed by atoms with van der Waals surface area (Å²) >= 11 is 0. The number of aryl methyl sites for hydroxylation is 2. The van der Waals surface area contributed by atoms with Crippen molar-refractivity contribution in [1.29, 1.82) is 0 Å². The molecule has 0 aliphatic rings. The molecular weight excluding hydrogens is 162 g/mol. The maximum absolute atomic E-state index is 5.20. The highest BCUT2D eigenvalue weighted by Gasteiger charge is 2.01. The summed E-state index contributed by atoms with van der Waals surface area (Å²) in [6.45, 7) is 4.19. The Morgan fingerprint density at radius 3 is 2.62 bits per heavy atom. The highest BCUT2D eigenvalue weighted by molar-refractivity contribution is 5.58. The van der Waals surface area contributed by atoms with Crippen molar-refractivity contribution in [2.45, 2.75) is 13.8 Å². The van der Waals surface area contributed by atoms with E-state index in [1.807, 2.05) is 6.07 Å². The predicted molar refractivity (Wildman–Crippen MR) is 51.4 cm³/mol. The molecule has 0 spiro atoms. The van der Waals surface area contributed by atoms with Gasteiger partial charge in [-0.1, -0.05) is 12.1 Å². The Bertz CT molecular complexity index is 404. The van der Waals surface area contributed by atoms with Gasteiger partial charge in [-0.15, -0.1) is 0 Å². The lowest BCUT2D eigenvalue weighted by Gasteiger charge is -2.01. The molecule has 0 atom stereocenters. The van der Waals surface area contributed by atoms with E-state index in [0.29, 0.717) is 0 Å². The first-order valence-corrected chi connectivity index (χ1v) is 4.23. The monoisotopic (exact) mass is 173 g/mol. The molecule has 0 bridgehead atoms. The lowest BCUT2D eigenvalue weighted by Crippen LogP contribution is -1.81. The van der Waals surface area contributed by atoms with Crippen molar-refractivity contribution in [3.63, 3.8) is 0 Å². The van der Waals surface area contributed by atoms with E-state index in [1.54, 1.807) is 6.20 Å². The predicted octanol–water partition coefficient (Wildman–Crippen LogP) is 2.96. The maximum Gasteiger partial charge on any atom is 0.181 e. The van der Waals surface area contributed by atoms with Gasteiger partial charge in [0.15, 0.2) is 12.2 Å². The van der Waals surface area contributed by atoms with Gasteiger partial charge in [-0.05, 0) is 31.0 Å². The summed E-state index contributed by atoms with van der Waals surface area (Å²) in [6, 6.07) is 6.24. The van der Waals surface area contributed by atoms with Crippen LogP contribution in [0.15, 0.2) is 35.2 Å². The van der Waals surface area contributed by atoms with Gasteiger partial charge >= 0.3 is 0 Å². The van der Waals surface area contributed by atoms with Gasteiger partial charge in [0, 0.05) is 5.56 Å². The molecular formula is C11H11NO. The largest absolute Gasteiger partial charge is 0.444 e. The molecule has 0 radical (unpaired) electrons. The molecule has 0 aliphatic heterocycles. The van der Waals surface area contributed by atoms with E-state index >= 15 is 0 Å². The fourth-order valence-corrected chi connectivity index (χ4v) is 1.25. The molecule has 0 saturated heterocycles. The molecule has 1 aromatic carbocycles. The minimum atomic E-state index is 0.822. The molecule has 1 heterocycles. The van der Waals surface area contributed by atoms with Crippen LogP contribution in [0.1, 0.15) is 11.1 Å². The molecule has 0 aliphatic carbocycles. The molecule has 0 saturated carbocycles. The second-order valence-electron chi connectivity index (χ2n) is 3.16. The Morgan fingerprint density at radius 2 is 2.00 bits per heavy atom. The summed E-state index contributed by atoms with van der Waals surface area (Å²) < 4.78 is 5.20. The third-order valence-corrected chi connectivity index (χ3v) is 2.22. The van der Waals surface area contributed by atoms with E-state index in [4.69, 9.17) is 4.42 Å². The smallest absolute Gasteiger partial charge is 0.181 e. The number of hydrogen-bond acceptors (Lipinski definition) is 2. The highest BCUT2D eigenvalue weighted by atomic mass is 16.3. The first-order valence-electron chi connectivity index (χ1n) is 4.23. The third-order valence-electron chi connectivity index (χ3n) is 2.22. The average Bonchev–Trinajstić information content (AvgIpc) is 2.62. The van der Waals surface area contributed by atoms with Crippen molar-refractivity contribution in [2.75, 3.05) is 0 Å². The Kier molecular flexibility index (Phi) is 1.89. The lowest BCUT2D eigenvalue weighted by molar-refractivity contribution is 0.572.